The number of aromatic nitrogens is 2. The molecule has 0 aliphatic carbocycles. The van der Waals surface area contributed by atoms with Gasteiger partial charge in [-0.3, -0.25) is 4.90 Å². The third-order valence-corrected chi connectivity index (χ3v) is 5.24. The zero-order valence-corrected chi connectivity index (χ0v) is 13.6. The van der Waals surface area contributed by atoms with Gasteiger partial charge < -0.3 is 4.98 Å². The number of imidazole rings is 1. The Bertz CT molecular complexity index is 770. The van der Waals surface area contributed by atoms with Gasteiger partial charge in [-0.15, -0.1) is 0 Å². The van der Waals surface area contributed by atoms with Crippen LogP contribution in [-0.2, 0) is 0 Å². The fourth-order valence-corrected chi connectivity index (χ4v) is 3.74. The van der Waals surface area contributed by atoms with E-state index >= 15 is 0 Å². The van der Waals surface area contributed by atoms with Crippen LogP contribution in [0.2, 0.25) is 0 Å². The quantitative estimate of drug-likeness (QED) is 0.772. The average molecular weight is 305 g/mol. The number of piperidine rings is 1. The zero-order valence-electron chi connectivity index (χ0n) is 13.6. The van der Waals surface area contributed by atoms with E-state index in [1.54, 1.807) is 0 Å². The minimum atomic E-state index is 0.470. The third-order valence-electron chi connectivity index (χ3n) is 5.24. The van der Waals surface area contributed by atoms with Gasteiger partial charge in [-0.1, -0.05) is 36.4 Å². The van der Waals surface area contributed by atoms with E-state index in [0.29, 0.717) is 12.0 Å². The Balaban J connectivity index is 1.47. The first-order chi connectivity index (χ1) is 11.3. The maximum Gasteiger partial charge on any atom is 0.109 e. The summed E-state index contributed by atoms with van der Waals surface area (Å²) in [7, 11) is 0. The first kappa shape index (κ1) is 14.5. The van der Waals surface area contributed by atoms with Crippen molar-refractivity contribution in [3.8, 4) is 0 Å². The molecule has 1 fully saturated rings. The Kier molecular flexibility index (Phi) is 3.88. The lowest BCUT2D eigenvalue weighted by Crippen LogP contribution is -2.35. The summed E-state index contributed by atoms with van der Waals surface area (Å²) in [4.78, 5) is 10.3. The molecular weight excluding hydrogens is 282 g/mol. The normalized spacial score (nSPS) is 18.3. The summed E-state index contributed by atoms with van der Waals surface area (Å²) in [6.45, 7) is 4.61. The molecule has 1 aromatic heterocycles. The van der Waals surface area contributed by atoms with E-state index in [-0.39, 0.29) is 0 Å². The Morgan fingerprint density at radius 1 is 1.09 bits per heavy atom. The molecule has 1 aliphatic rings. The molecule has 1 N–H and O–H groups in total. The van der Waals surface area contributed by atoms with Crippen LogP contribution in [0.3, 0.4) is 0 Å². The number of aromatic amines is 1. The second-order valence-electron chi connectivity index (χ2n) is 6.57. The van der Waals surface area contributed by atoms with Crippen LogP contribution in [-0.4, -0.2) is 28.0 Å². The molecule has 3 nitrogen and oxygen atoms in total. The van der Waals surface area contributed by atoms with E-state index in [4.69, 9.17) is 0 Å². The van der Waals surface area contributed by atoms with Gasteiger partial charge in [0.15, 0.2) is 0 Å². The van der Waals surface area contributed by atoms with Gasteiger partial charge in [-0.25, -0.2) is 4.98 Å². The van der Waals surface area contributed by atoms with Crippen LogP contribution in [0.15, 0.2) is 54.9 Å². The van der Waals surface area contributed by atoms with Crippen molar-refractivity contribution in [2.24, 2.45) is 0 Å². The van der Waals surface area contributed by atoms with E-state index in [0.717, 1.165) is 18.9 Å². The van der Waals surface area contributed by atoms with Crippen molar-refractivity contribution < 1.29 is 0 Å². The smallest absolute Gasteiger partial charge is 0.109 e. The van der Waals surface area contributed by atoms with Crippen molar-refractivity contribution in [2.75, 3.05) is 13.1 Å². The lowest BCUT2D eigenvalue weighted by atomic mass is 9.93. The van der Waals surface area contributed by atoms with Crippen molar-refractivity contribution in [3.05, 3.63) is 66.2 Å². The molecule has 0 radical (unpaired) electrons. The Labute approximate surface area is 137 Å². The summed E-state index contributed by atoms with van der Waals surface area (Å²) in [5.74, 6) is 1.74. The summed E-state index contributed by atoms with van der Waals surface area (Å²) >= 11 is 0. The van der Waals surface area contributed by atoms with E-state index < -0.39 is 0 Å². The van der Waals surface area contributed by atoms with Crippen molar-refractivity contribution in [1.82, 2.24) is 14.9 Å². The van der Waals surface area contributed by atoms with Crippen LogP contribution in [0.25, 0.3) is 10.8 Å². The van der Waals surface area contributed by atoms with E-state index in [1.807, 2.05) is 12.4 Å². The van der Waals surface area contributed by atoms with Gasteiger partial charge in [-0.05, 0) is 55.3 Å². The van der Waals surface area contributed by atoms with Crippen LogP contribution >= 0.6 is 0 Å². The number of rotatable bonds is 3. The van der Waals surface area contributed by atoms with Gasteiger partial charge >= 0.3 is 0 Å². The summed E-state index contributed by atoms with van der Waals surface area (Å²) in [5.41, 5.74) is 1.42. The first-order valence-corrected chi connectivity index (χ1v) is 8.53. The predicted molar refractivity (Wildman–Crippen MR) is 94.5 cm³/mol. The highest BCUT2D eigenvalue weighted by molar-refractivity contribution is 5.83. The molecule has 2 heterocycles. The fraction of sp³-hybridized carbons (Fsp3) is 0.350. The molecule has 3 aromatic rings. The second-order valence-corrected chi connectivity index (χ2v) is 6.57. The van der Waals surface area contributed by atoms with Crippen LogP contribution < -0.4 is 0 Å². The first-order valence-electron chi connectivity index (χ1n) is 8.53. The highest BCUT2D eigenvalue weighted by atomic mass is 15.2. The van der Waals surface area contributed by atoms with Crippen molar-refractivity contribution in [1.29, 1.82) is 0 Å². The Morgan fingerprint density at radius 3 is 2.61 bits per heavy atom. The molecule has 2 aromatic carbocycles. The van der Waals surface area contributed by atoms with E-state index in [2.05, 4.69) is 64.3 Å². The van der Waals surface area contributed by atoms with E-state index in [1.165, 1.54) is 29.2 Å². The minimum absolute atomic E-state index is 0.470. The number of hydrogen-bond acceptors (Lipinski definition) is 2. The van der Waals surface area contributed by atoms with Gasteiger partial charge in [0.2, 0.25) is 0 Å². The molecule has 1 atom stereocenters. The van der Waals surface area contributed by atoms with E-state index in [9.17, 15) is 0 Å². The molecule has 3 heteroatoms. The number of likely N-dealkylation sites (tertiary alicyclic amines) is 1. The second kappa shape index (κ2) is 6.17. The maximum atomic E-state index is 4.43. The SMILES string of the molecule is CC(c1ccc2ccccc2c1)N1CCC(c2ncc[nH]2)CC1. The van der Waals surface area contributed by atoms with Crippen LogP contribution in [0.5, 0.6) is 0 Å². The molecule has 0 saturated carbocycles. The van der Waals surface area contributed by atoms with Crippen molar-refractivity contribution >= 4 is 10.8 Å². The third kappa shape index (κ3) is 2.89. The van der Waals surface area contributed by atoms with Gasteiger partial charge in [0.25, 0.3) is 0 Å². The molecule has 0 spiro atoms. The van der Waals surface area contributed by atoms with Gasteiger partial charge in [0.1, 0.15) is 5.82 Å². The summed E-state index contributed by atoms with van der Waals surface area (Å²) in [6, 6.07) is 15.9. The molecule has 0 amide bonds. The fourth-order valence-electron chi connectivity index (χ4n) is 3.74. The molecule has 1 saturated heterocycles. The highest BCUT2D eigenvalue weighted by Gasteiger charge is 2.25. The van der Waals surface area contributed by atoms with Gasteiger partial charge in [0, 0.05) is 24.4 Å². The predicted octanol–water partition coefficient (Wildman–Crippen LogP) is 4.50. The molecule has 1 unspecified atom stereocenters. The van der Waals surface area contributed by atoms with Gasteiger partial charge in [0.05, 0.1) is 0 Å². The molecule has 23 heavy (non-hydrogen) atoms. The lowest BCUT2D eigenvalue weighted by molar-refractivity contribution is 0.160. The molecule has 118 valence electrons. The van der Waals surface area contributed by atoms with Crippen LogP contribution in [0, 0.1) is 0 Å². The highest BCUT2D eigenvalue weighted by Crippen LogP contribution is 2.31. The minimum Gasteiger partial charge on any atom is -0.348 e. The average Bonchev–Trinajstić information content (AvgIpc) is 3.15. The number of nitrogens with zero attached hydrogens (tertiary/aromatic N) is 2. The Morgan fingerprint density at radius 2 is 1.87 bits per heavy atom. The standard InChI is InChI=1S/C20H23N3/c1-15(18-7-6-16-4-2-3-5-19(16)14-18)23-12-8-17(9-13-23)20-21-10-11-22-20/h2-7,10-11,14-15,17H,8-9,12-13H2,1H3,(H,21,22). The van der Waals surface area contributed by atoms with Gasteiger partial charge in [-0.2, -0.15) is 0 Å². The molecular formula is C20H23N3. The number of hydrogen-bond donors (Lipinski definition) is 1. The number of benzene rings is 2. The van der Waals surface area contributed by atoms with Crippen LogP contribution in [0.1, 0.15) is 43.1 Å². The monoisotopic (exact) mass is 305 g/mol. The zero-order chi connectivity index (χ0) is 15.6. The van der Waals surface area contributed by atoms with Crippen molar-refractivity contribution in [3.63, 3.8) is 0 Å². The maximum absolute atomic E-state index is 4.43. The lowest BCUT2D eigenvalue weighted by Gasteiger charge is -2.35. The molecule has 0 bridgehead atoms. The van der Waals surface area contributed by atoms with Crippen molar-refractivity contribution in [2.45, 2.75) is 31.7 Å². The number of nitrogens with one attached hydrogen (secondary N) is 1. The Hall–Kier alpha value is -2.13. The molecule has 1 aliphatic heterocycles. The summed E-state index contributed by atoms with van der Waals surface area (Å²) in [6.07, 6.45) is 6.16. The molecule has 4 rings (SSSR count). The topological polar surface area (TPSA) is 31.9 Å². The number of H-pyrrole nitrogens is 1. The largest absolute Gasteiger partial charge is 0.348 e. The summed E-state index contributed by atoms with van der Waals surface area (Å²) in [5, 5.41) is 2.65. The summed E-state index contributed by atoms with van der Waals surface area (Å²) < 4.78 is 0. The number of fused-ring (bicyclic) bond motifs is 1. The van der Waals surface area contributed by atoms with Crippen LogP contribution in [0.4, 0.5) is 0 Å².